The van der Waals surface area contributed by atoms with Crippen LogP contribution in [-0.2, 0) is 6.42 Å². The molecule has 1 aromatic carbocycles. The van der Waals surface area contributed by atoms with E-state index in [1.54, 1.807) is 20.9 Å². The lowest BCUT2D eigenvalue weighted by Gasteiger charge is -2.25. The van der Waals surface area contributed by atoms with Crippen molar-refractivity contribution in [3.63, 3.8) is 0 Å². The maximum absolute atomic E-state index is 11.9. The fraction of sp³-hybridized carbons (Fsp3) is 0.471. The average Bonchev–Trinajstić information content (AvgIpc) is 2.85. The first kappa shape index (κ1) is 16.4. The number of aromatic nitrogens is 1. The van der Waals surface area contributed by atoms with Gasteiger partial charge in [0.15, 0.2) is 0 Å². The number of amides is 2. The summed E-state index contributed by atoms with van der Waals surface area (Å²) in [7, 11) is 1.69. The Hall–Kier alpha value is -2.01. The van der Waals surface area contributed by atoms with Crippen LogP contribution in [0.2, 0.25) is 0 Å². The number of rotatable bonds is 6. The third kappa shape index (κ3) is 4.49. The summed E-state index contributed by atoms with van der Waals surface area (Å²) in [5, 5.41) is 13.8. The zero-order chi connectivity index (χ0) is 16.2. The molecule has 0 atom stereocenters. The molecule has 0 saturated heterocycles. The molecule has 0 aliphatic heterocycles. The lowest BCUT2D eigenvalue weighted by atomic mass is 10.1. The van der Waals surface area contributed by atoms with E-state index < -0.39 is 5.60 Å². The molecule has 120 valence electrons. The van der Waals surface area contributed by atoms with E-state index in [0.29, 0.717) is 13.1 Å². The second-order valence-corrected chi connectivity index (χ2v) is 6.36. The maximum atomic E-state index is 11.9. The third-order valence-electron chi connectivity index (χ3n) is 3.54. The van der Waals surface area contributed by atoms with Gasteiger partial charge in [0.05, 0.1) is 12.1 Å². The second-order valence-electron chi connectivity index (χ2n) is 6.36. The molecule has 5 heteroatoms. The number of nitrogens with zero attached hydrogens (tertiary/aromatic N) is 1. The van der Waals surface area contributed by atoms with Crippen molar-refractivity contribution in [2.24, 2.45) is 0 Å². The summed E-state index contributed by atoms with van der Waals surface area (Å²) < 4.78 is 0. The number of likely N-dealkylation sites (N-methyl/N-ethyl adjacent to an activating group) is 1. The lowest BCUT2D eigenvalue weighted by molar-refractivity contribution is 0.0532. The van der Waals surface area contributed by atoms with Gasteiger partial charge in [-0.1, -0.05) is 18.2 Å². The van der Waals surface area contributed by atoms with Crippen molar-refractivity contribution < 1.29 is 9.90 Å². The van der Waals surface area contributed by atoms with Gasteiger partial charge in [-0.25, -0.2) is 4.79 Å². The highest BCUT2D eigenvalue weighted by Gasteiger charge is 2.18. The minimum atomic E-state index is -0.879. The Morgan fingerprint density at radius 2 is 2.09 bits per heavy atom. The Morgan fingerprint density at radius 3 is 2.82 bits per heavy atom. The monoisotopic (exact) mass is 303 g/mol. The summed E-state index contributed by atoms with van der Waals surface area (Å²) in [5.41, 5.74) is 1.54. The molecule has 0 spiro atoms. The largest absolute Gasteiger partial charge is 0.389 e. The van der Waals surface area contributed by atoms with E-state index in [2.05, 4.69) is 22.4 Å². The van der Waals surface area contributed by atoms with Crippen LogP contribution in [0.15, 0.2) is 30.5 Å². The van der Waals surface area contributed by atoms with Gasteiger partial charge in [0.2, 0.25) is 0 Å². The highest BCUT2D eigenvalue weighted by molar-refractivity contribution is 5.83. The number of para-hydroxylation sites is 1. The highest BCUT2D eigenvalue weighted by Crippen LogP contribution is 2.18. The van der Waals surface area contributed by atoms with Gasteiger partial charge in [-0.05, 0) is 38.3 Å². The Morgan fingerprint density at radius 1 is 1.36 bits per heavy atom. The number of nitrogens with one attached hydrogen (secondary N) is 2. The van der Waals surface area contributed by atoms with Crippen LogP contribution in [0.5, 0.6) is 0 Å². The number of hydrogen-bond acceptors (Lipinski definition) is 2. The smallest absolute Gasteiger partial charge is 0.317 e. The summed E-state index contributed by atoms with van der Waals surface area (Å²) >= 11 is 0. The van der Waals surface area contributed by atoms with Gasteiger partial charge < -0.3 is 20.3 Å². The molecule has 1 aromatic heterocycles. The van der Waals surface area contributed by atoms with Crippen LogP contribution < -0.4 is 5.32 Å². The van der Waals surface area contributed by atoms with Gasteiger partial charge in [-0.3, -0.25) is 0 Å². The number of carbonyl (C=O) groups excluding carboxylic acids is 1. The van der Waals surface area contributed by atoms with Crippen LogP contribution in [-0.4, -0.2) is 46.8 Å². The van der Waals surface area contributed by atoms with Crippen molar-refractivity contribution in [1.29, 1.82) is 0 Å². The number of aryl methyl sites for hydroxylation is 1. The molecular weight excluding hydrogens is 278 g/mol. The number of aliphatic hydroxyl groups is 1. The van der Waals surface area contributed by atoms with Crippen molar-refractivity contribution >= 4 is 16.9 Å². The quantitative estimate of drug-likeness (QED) is 0.718. The number of urea groups is 1. The molecule has 2 aromatic rings. The summed E-state index contributed by atoms with van der Waals surface area (Å²) in [6.07, 6.45) is 3.83. The van der Waals surface area contributed by atoms with E-state index in [4.69, 9.17) is 0 Å². The summed E-state index contributed by atoms with van der Waals surface area (Å²) in [4.78, 5) is 16.7. The van der Waals surface area contributed by atoms with Crippen LogP contribution in [0, 0.1) is 0 Å². The molecule has 2 amide bonds. The number of carbonyl (C=O) groups is 1. The van der Waals surface area contributed by atoms with Crippen molar-refractivity contribution in [2.75, 3.05) is 20.1 Å². The molecule has 0 unspecified atom stereocenters. The lowest BCUT2D eigenvalue weighted by Crippen LogP contribution is -2.44. The summed E-state index contributed by atoms with van der Waals surface area (Å²) in [6, 6.07) is 8.07. The van der Waals surface area contributed by atoms with Crippen molar-refractivity contribution in [1.82, 2.24) is 15.2 Å². The molecule has 5 nitrogen and oxygen atoms in total. The van der Waals surface area contributed by atoms with Gasteiger partial charge in [-0.15, -0.1) is 0 Å². The van der Waals surface area contributed by atoms with E-state index in [1.165, 1.54) is 15.8 Å². The average molecular weight is 303 g/mol. The Balaban J connectivity index is 1.76. The summed E-state index contributed by atoms with van der Waals surface area (Å²) in [6.45, 7) is 4.30. The minimum Gasteiger partial charge on any atom is -0.389 e. The molecule has 0 aliphatic rings. The molecule has 2 rings (SSSR count). The fourth-order valence-corrected chi connectivity index (χ4v) is 2.60. The van der Waals surface area contributed by atoms with Gasteiger partial charge in [0.25, 0.3) is 0 Å². The molecule has 0 saturated carbocycles. The first-order chi connectivity index (χ1) is 10.4. The van der Waals surface area contributed by atoms with Crippen molar-refractivity contribution in [3.8, 4) is 0 Å². The van der Waals surface area contributed by atoms with Crippen LogP contribution in [0.1, 0.15) is 25.8 Å². The Bertz CT molecular complexity index is 628. The topological polar surface area (TPSA) is 68.4 Å². The predicted molar refractivity (Wildman–Crippen MR) is 88.9 cm³/mol. The first-order valence-electron chi connectivity index (χ1n) is 7.63. The zero-order valence-corrected chi connectivity index (χ0v) is 13.5. The highest BCUT2D eigenvalue weighted by atomic mass is 16.3. The van der Waals surface area contributed by atoms with E-state index >= 15 is 0 Å². The van der Waals surface area contributed by atoms with Crippen LogP contribution in [0.25, 0.3) is 10.9 Å². The van der Waals surface area contributed by atoms with Gasteiger partial charge >= 0.3 is 6.03 Å². The number of aromatic amines is 1. The zero-order valence-electron chi connectivity index (χ0n) is 13.5. The number of H-pyrrole nitrogens is 1. The fourth-order valence-electron chi connectivity index (χ4n) is 2.60. The predicted octanol–water partition coefficient (Wildman–Crippen LogP) is 2.51. The van der Waals surface area contributed by atoms with Crippen LogP contribution in [0.3, 0.4) is 0 Å². The van der Waals surface area contributed by atoms with Gasteiger partial charge in [0, 0.05) is 30.7 Å². The maximum Gasteiger partial charge on any atom is 0.317 e. The molecule has 22 heavy (non-hydrogen) atoms. The van der Waals surface area contributed by atoms with Crippen LogP contribution in [0.4, 0.5) is 4.79 Å². The standard InChI is InChI=1S/C17H25N3O2/c1-17(2,22)12-20(3)16(21)18-10-6-7-13-11-19-15-9-5-4-8-14(13)15/h4-5,8-9,11,19,22H,6-7,10,12H2,1-3H3,(H,18,21). The number of fused-ring (bicyclic) bond motifs is 1. The second kappa shape index (κ2) is 6.83. The SMILES string of the molecule is CN(CC(C)(C)O)C(=O)NCCCc1c[nH]c2ccccc12. The third-order valence-corrected chi connectivity index (χ3v) is 3.54. The van der Waals surface area contributed by atoms with Gasteiger partial charge in [0.1, 0.15) is 0 Å². The number of hydrogen-bond donors (Lipinski definition) is 3. The van der Waals surface area contributed by atoms with E-state index in [1.807, 2.05) is 18.3 Å². The van der Waals surface area contributed by atoms with Gasteiger partial charge in [-0.2, -0.15) is 0 Å². The molecule has 0 aliphatic carbocycles. The molecule has 0 fully saturated rings. The van der Waals surface area contributed by atoms with Crippen molar-refractivity contribution in [3.05, 3.63) is 36.0 Å². The van der Waals surface area contributed by atoms with Crippen LogP contribution >= 0.6 is 0 Å². The molecule has 3 N–H and O–H groups in total. The minimum absolute atomic E-state index is 0.152. The summed E-state index contributed by atoms with van der Waals surface area (Å²) in [5.74, 6) is 0. The first-order valence-corrected chi connectivity index (χ1v) is 7.63. The molecule has 0 bridgehead atoms. The Kier molecular flexibility index (Phi) is 5.08. The Labute approximate surface area is 131 Å². The van der Waals surface area contributed by atoms with E-state index in [-0.39, 0.29) is 6.03 Å². The van der Waals surface area contributed by atoms with Crippen molar-refractivity contribution in [2.45, 2.75) is 32.3 Å². The number of benzene rings is 1. The molecular formula is C17H25N3O2. The molecule has 1 heterocycles. The van der Waals surface area contributed by atoms with E-state index in [9.17, 15) is 9.90 Å². The molecule has 0 radical (unpaired) electrons. The normalized spacial score (nSPS) is 11.6. The van der Waals surface area contributed by atoms with E-state index in [0.717, 1.165) is 18.4 Å².